The van der Waals surface area contributed by atoms with Gasteiger partial charge in [0.2, 0.25) is 0 Å². The van der Waals surface area contributed by atoms with Crippen LogP contribution in [0, 0.1) is 0 Å². The molecule has 0 spiro atoms. The number of carboxylic acids is 2. The highest BCUT2D eigenvalue weighted by atomic mass is 16.4. The molecule has 2 atom stereocenters. The second-order valence-corrected chi connectivity index (χ2v) is 3.00. The van der Waals surface area contributed by atoms with Gasteiger partial charge < -0.3 is 26.8 Å². The van der Waals surface area contributed by atoms with Crippen LogP contribution in [0.1, 0.15) is 6.42 Å². The summed E-state index contributed by atoms with van der Waals surface area (Å²) < 4.78 is 0. The first-order valence-corrected chi connectivity index (χ1v) is 3.90. The van der Waals surface area contributed by atoms with Gasteiger partial charge in [-0.15, -0.1) is 0 Å². The second kappa shape index (κ2) is 4.82. The Kier molecular flexibility index (Phi) is 4.34. The molecule has 8 heteroatoms. The fourth-order valence-electron chi connectivity index (χ4n) is 0.863. The smallest absolute Gasteiger partial charge is 0.333 e. The number of aliphatic carboxylic acids is 2. The van der Waals surface area contributed by atoms with Gasteiger partial charge in [-0.05, 0) is 0 Å². The number of Topliss-reactive ketones (excluding diaryl/α,β-unsaturated/α-hetero) is 1. The molecule has 0 saturated carbocycles. The quantitative estimate of drug-likeness (QED) is 0.298. The van der Waals surface area contributed by atoms with Crippen molar-refractivity contribution in [3.63, 3.8) is 0 Å². The number of carbonyl (C=O) groups is 3. The summed E-state index contributed by atoms with van der Waals surface area (Å²) in [5, 5.41) is 25.6. The van der Waals surface area contributed by atoms with Crippen LogP contribution in [0.25, 0.3) is 0 Å². The van der Waals surface area contributed by atoms with Crippen molar-refractivity contribution in [2.45, 2.75) is 18.0 Å². The zero-order chi connectivity index (χ0) is 12.2. The standard InChI is InChI=1S/C7H12N2O6/c8-3(1-4(11)12)5(13)7(9,2-10)6(14)15/h3,10H,1-2,8-9H2,(H,11,12)(H,14,15). The number of rotatable bonds is 6. The van der Waals surface area contributed by atoms with Gasteiger partial charge in [0.25, 0.3) is 0 Å². The molecule has 0 bridgehead atoms. The third-order valence-corrected chi connectivity index (χ3v) is 1.80. The van der Waals surface area contributed by atoms with E-state index in [1.165, 1.54) is 0 Å². The summed E-state index contributed by atoms with van der Waals surface area (Å²) in [6.07, 6.45) is -0.745. The zero-order valence-electron chi connectivity index (χ0n) is 7.71. The van der Waals surface area contributed by atoms with Crippen LogP contribution in [0.4, 0.5) is 0 Å². The van der Waals surface area contributed by atoms with E-state index in [-0.39, 0.29) is 0 Å². The largest absolute Gasteiger partial charge is 0.481 e. The van der Waals surface area contributed by atoms with Crippen molar-refractivity contribution in [1.82, 2.24) is 0 Å². The highest BCUT2D eigenvalue weighted by Crippen LogP contribution is 2.06. The van der Waals surface area contributed by atoms with Gasteiger partial charge in [-0.3, -0.25) is 9.59 Å². The Balaban J connectivity index is 4.80. The third kappa shape index (κ3) is 2.98. The minimum Gasteiger partial charge on any atom is -0.481 e. The number of aliphatic hydroxyl groups excluding tert-OH is 1. The highest BCUT2D eigenvalue weighted by Gasteiger charge is 2.44. The van der Waals surface area contributed by atoms with Gasteiger partial charge in [0.15, 0.2) is 11.3 Å². The average molecular weight is 220 g/mol. The maximum Gasteiger partial charge on any atom is 0.333 e. The average Bonchev–Trinajstić information content (AvgIpc) is 2.13. The maximum absolute atomic E-state index is 11.3. The van der Waals surface area contributed by atoms with E-state index in [1.807, 2.05) is 0 Å². The van der Waals surface area contributed by atoms with Crippen LogP contribution in [0.3, 0.4) is 0 Å². The molecule has 0 aromatic carbocycles. The summed E-state index contributed by atoms with van der Waals surface area (Å²) in [5.41, 5.74) is 7.67. The molecule has 7 N–H and O–H groups in total. The summed E-state index contributed by atoms with van der Waals surface area (Å²) in [6.45, 7) is -1.14. The lowest BCUT2D eigenvalue weighted by Gasteiger charge is -2.23. The first-order chi connectivity index (χ1) is 6.75. The molecule has 0 aliphatic heterocycles. The number of carbonyl (C=O) groups excluding carboxylic acids is 1. The summed E-state index contributed by atoms with van der Waals surface area (Å²) in [5.74, 6) is -4.34. The van der Waals surface area contributed by atoms with E-state index in [0.29, 0.717) is 0 Å². The molecule has 0 aromatic heterocycles. The lowest BCUT2D eigenvalue weighted by Crippen LogP contribution is -2.62. The van der Waals surface area contributed by atoms with Gasteiger partial charge in [-0.1, -0.05) is 0 Å². The van der Waals surface area contributed by atoms with Crippen molar-refractivity contribution in [2.24, 2.45) is 11.5 Å². The Morgan fingerprint density at radius 3 is 2.00 bits per heavy atom. The summed E-state index contributed by atoms with van der Waals surface area (Å²) in [7, 11) is 0. The number of hydrogen-bond donors (Lipinski definition) is 5. The Morgan fingerprint density at radius 1 is 1.27 bits per heavy atom. The molecule has 0 saturated heterocycles. The summed E-state index contributed by atoms with van der Waals surface area (Å²) in [4.78, 5) is 32.1. The van der Waals surface area contributed by atoms with Crippen LogP contribution in [-0.2, 0) is 14.4 Å². The maximum atomic E-state index is 11.3. The number of ketones is 1. The van der Waals surface area contributed by atoms with Crippen LogP contribution in [0.2, 0.25) is 0 Å². The van der Waals surface area contributed by atoms with Crippen molar-refractivity contribution in [2.75, 3.05) is 6.61 Å². The normalized spacial score (nSPS) is 16.5. The van der Waals surface area contributed by atoms with Gasteiger partial charge in [0.05, 0.1) is 19.1 Å². The molecule has 0 aliphatic carbocycles. The highest BCUT2D eigenvalue weighted by molar-refractivity contribution is 6.10. The van der Waals surface area contributed by atoms with Crippen molar-refractivity contribution in [3.05, 3.63) is 0 Å². The Morgan fingerprint density at radius 2 is 1.73 bits per heavy atom. The molecule has 8 nitrogen and oxygen atoms in total. The van der Waals surface area contributed by atoms with E-state index in [4.69, 9.17) is 26.8 Å². The minimum absolute atomic E-state index is 0.745. The van der Waals surface area contributed by atoms with E-state index < -0.39 is 42.3 Å². The lowest BCUT2D eigenvalue weighted by molar-refractivity contribution is -0.152. The fraction of sp³-hybridized carbons (Fsp3) is 0.571. The van der Waals surface area contributed by atoms with Crippen LogP contribution in [0.5, 0.6) is 0 Å². The van der Waals surface area contributed by atoms with Crippen molar-refractivity contribution < 1.29 is 29.7 Å². The summed E-state index contributed by atoms with van der Waals surface area (Å²) >= 11 is 0. The van der Waals surface area contributed by atoms with Gasteiger partial charge in [0.1, 0.15) is 0 Å². The van der Waals surface area contributed by atoms with Crippen molar-refractivity contribution in [3.8, 4) is 0 Å². The molecule has 0 heterocycles. The van der Waals surface area contributed by atoms with E-state index in [0.717, 1.165) is 0 Å². The van der Waals surface area contributed by atoms with Crippen LogP contribution < -0.4 is 11.5 Å². The molecule has 0 aliphatic rings. The fourth-order valence-corrected chi connectivity index (χ4v) is 0.863. The minimum atomic E-state index is -2.55. The van der Waals surface area contributed by atoms with Gasteiger partial charge >= 0.3 is 11.9 Å². The number of aliphatic hydroxyl groups is 1. The number of hydrogen-bond acceptors (Lipinski definition) is 6. The predicted molar refractivity (Wildman–Crippen MR) is 46.9 cm³/mol. The molecule has 2 unspecified atom stereocenters. The molecular weight excluding hydrogens is 208 g/mol. The number of carboxylic acid groups (broad SMARTS) is 2. The molecule has 0 amide bonds. The Labute approximate surface area is 84.5 Å². The topological polar surface area (TPSA) is 164 Å². The van der Waals surface area contributed by atoms with Crippen LogP contribution >= 0.6 is 0 Å². The van der Waals surface area contributed by atoms with Gasteiger partial charge in [-0.25, -0.2) is 4.79 Å². The monoisotopic (exact) mass is 220 g/mol. The van der Waals surface area contributed by atoms with Gasteiger partial charge in [0, 0.05) is 0 Å². The lowest BCUT2D eigenvalue weighted by atomic mass is 9.90. The molecule has 0 radical (unpaired) electrons. The molecule has 86 valence electrons. The molecular formula is C7H12N2O6. The van der Waals surface area contributed by atoms with Gasteiger partial charge in [-0.2, -0.15) is 0 Å². The first kappa shape index (κ1) is 13.5. The number of nitrogens with two attached hydrogens (primary N) is 2. The van der Waals surface area contributed by atoms with Crippen LogP contribution in [-0.4, -0.2) is 51.2 Å². The molecule has 0 fully saturated rings. The van der Waals surface area contributed by atoms with Crippen LogP contribution in [0.15, 0.2) is 0 Å². The van der Waals surface area contributed by atoms with E-state index in [2.05, 4.69) is 0 Å². The molecule has 0 rings (SSSR count). The van der Waals surface area contributed by atoms with Crippen molar-refractivity contribution in [1.29, 1.82) is 0 Å². The Bertz CT molecular complexity index is 291. The predicted octanol–water partition coefficient (Wildman–Crippen LogP) is -2.87. The first-order valence-electron chi connectivity index (χ1n) is 3.90. The molecule has 0 aromatic rings. The second-order valence-electron chi connectivity index (χ2n) is 3.00. The SMILES string of the molecule is NC(CC(=O)O)C(=O)C(N)(CO)C(=O)O. The molecule has 15 heavy (non-hydrogen) atoms. The van der Waals surface area contributed by atoms with E-state index >= 15 is 0 Å². The van der Waals surface area contributed by atoms with Crippen molar-refractivity contribution >= 4 is 17.7 Å². The zero-order valence-corrected chi connectivity index (χ0v) is 7.71. The van der Waals surface area contributed by atoms with E-state index in [9.17, 15) is 14.4 Å². The summed E-state index contributed by atoms with van der Waals surface area (Å²) in [6, 6.07) is -1.56. The van der Waals surface area contributed by atoms with E-state index in [1.54, 1.807) is 0 Å². The Hall–Kier alpha value is -1.51. The third-order valence-electron chi connectivity index (χ3n) is 1.80.